The number of hydrogen-bond acceptors (Lipinski definition) is 11. The van der Waals surface area contributed by atoms with Crippen molar-refractivity contribution >= 4 is 74.3 Å². The molecule has 4 aromatic rings. The third-order valence-corrected chi connectivity index (χ3v) is 11.8. The Morgan fingerprint density at radius 2 is 0.944 bits per heavy atom. The van der Waals surface area contributed by atoms with Crippen LogP contribution in [0.2, 0.25) is 0 Å². The van der Waals surface area contributed by atoms with Crippen molar-refractivity contribution in [3.05, 3.63) is 44.4 Å². The first kappa shape index (κ1) is 22.2. The van der Waals surface area contributed by atoms with Crippen molar-refractivity contribution in [2.24, 2.45) is 10.8 Å². The average Bonchev–Trinajstić information content (AvgIpc) is 3.66. The summed E-state index contributed by atoms with van der Waals surface area (Å²) >= 11 is 5.14. The summed E-state index contributed by atoms with van der Waals surface area (Å²) in [5.41, 5.74) is -0.594. The molecule has 0 atom stereocenters. The third-order valence-electron chi connectivity index (χ3n) is 6.95. The molecule has 0 saturated carbocycles. The lowest BCUT2D eigenvalue weighted by molar-refractivity contribution is 0.0734. The lowest BCUT2D eigenvalue weighted by Crippen LogP contribution is -2.25. The maximum Gasteiger partial charge on any atom is 0.232 e. The fourth-order valence-corrected chi connectivity index (χ4v) is 9.55. The second-order valence-electron chi connectivity index (χ2n) is 10.00. The van der Waals surface area contributed by atoms with E-state index >= 15 is 0 Å². The summed E-state index contributed by atoms with van der Waals surface area (Å²) in [7, 11) is 0. The van der Waals surface area contributed by atoms with E-state index in [1.807, 2.05) is 0 Å². The van der Waals surface area contributed by atoms with Crippen LogP contribution < -0.4 is 0 Å². The van der Waals surface area contributed by atoms with Crippen LogP contribution in [0.5, 0.6) is 0 Å². The smallest absolute Gasteiger partial charge is 0.232 e. The van der Waals surface area contributed by atoms with Crippen molar-refractivity contribution < 1.29 is 24.0 Å². The van der Waals surface area contributed by atoms with Crippen LogP contribution in [0.1, 0.15) is 83.9 Å². The Labute approximate surface area is 219 Å². The van der Waals surface area contributed by atoms with Gasteiger partial charge in [-0.2, -0.15) is 0 Å². The molecule has 3 aliphatic carbocycles. The van der Waals surface area contributed by atoms with Gasteiger partial charge in [0, 0.05) is 11.1 Å². The largest absolute Gasteiger partial charge is 0.293 e. The Kier molecular flexibility index (Phi) is 4.11. The first-order valence-electron chi connectivity index (χ1n) is 11.0. The Bertz CT molecular complexity index is 1590. The molecule has 4 heterocycles. The van der Waals surface area contributed by atoms with Crippen molar-refractivity contribution in [3.63, 3.8) is 0 Å². The highest BCUT2D eigenvalue weighted by atomic mass is 32.1. The van der Waals surface area contributed by atoms with E-state index in [-0.39, 0.29) is 28.9 Å². The predicted molar refractivity (Wildman–Crippen MR) is 138 cm³/mol. The summed E-state index contributed by atoms with van der Waals surface area (Å²) in [6.07, 6.45) is 0. The SMILES string of the molecule is CC1(C)C(=O)c2cc(-c3nc4c(s3)-c3sc(-c5cc6c(s5)C(=O)C(C)(C)C6=O)nc3C4=O)sc2C1=O. The van der Waals surface area contributed by atoms with Gasteiger partial charge in [0.05, 0.1) is 40.1 Å². The van der Waals surface area contributed by atoms with Gasteiger partial charge in [-0.05, 0) is 39.8 Å². The standard InChI is InChI=1S/C25H14N2O5S4/c1-24(2)18(29)7-5-9(33-14(7)20(24)31)22-26-11-13(28)12-17(16(11)35-22)36-23(27-12)10-6-8-15(34-10)21(32)25(3,4)19(8)30/h5-6H,1-4H3. The first-order valence-corrected chi connectivity index (χ1v) is 14.2. The molecule has 4 aromatic heterocycles. The fraction of sp³-hybridized carbons (Fsp3) is 0.240. The molecular formula is C25H14N2O5S4. The van der Waals surface area contributed by atoms with Crippen LogP contribution in [0.25, 0.3) is 29.5 Å². The zero-order chi connectivity index (χ0) is 25.5. The minimum absolute atomic E-state index is 0.184. The summed E-state index contributed by atoms with van der Waals surface area (Å²) < 4.78 is 0. The first-order chi connectivity index (χ1) is 16.9. The molecule has 11 heteroatoms. The van der Waals surface area contributed by atoms with Crippen LogP contribution in [0.3, 0.4) is 0 Å². The van der Waals surface area contributed by atoms with Crippen LogP contribution in [0, 0.1) is 10.8 Å². The van der Waals surface area contributed by atoms with E-state index in [1.165, 1.54) is 45.3 Å². The van der Waals surface area contributed by atoms with E-state index in [0.717, 1.165) is 0 Å². The second kappa shape index (κ2) is 6.65. The zero-order valence-electron chi connectivity index (χ0n) is 19.2. The number of carbonyl (C=O) groups is 5. The molecule has 7 rings (SSSR count). The van der Waals surface area contributed by atoms with Gasteiger partial charge in [0.2, 0.25) is 5.78 Å². The molecule has 0 aliphatic heterocycles. The summed E-state index contributed by atoms with van der Waals surface area (Å²) in [5.74, 6) is -1.03. The molecule has 0 radical (unpaired) electrons. The Balaban J connectivity index is 1.27. The highest BCUT2D eigenvalue weighted by Gasteiger charge is 2.49. The second-order valence-corrected chi connectivity index (χ2v) is 14.1. The molecule has 0 saturated heterocycles. The minimum atomic E-state index is -1.04. The van der Waals surface area contributed by atoms with Gasteiger partial charge in [-0.15, -0.1) is 45.3 Å². The van der Waals surface area contributed by atoms with Crippen molar-refractivity contribution in [2.75, 3.05) is 0 Å². The molecule has 0 amide bonds. The summed E-state index contributed by atoms with van der Waals surface area (Å²) in [5, 5.41) is 1.17. The summed E-state index contributed by atoms with van der Waals surface area (Å²) in [6, 6.07) is 3.41. The van der Waals surface area contributed by atoms with E-state index in [1.54, 1.807) is 39.8 Å². The van der Waals surface area contributed by atoms with Crippen molar-refractivity contribution in [1.29, 1.82) is 0 Å². The normalized spacial score (nSPS) is 18.7. The van der Waals surface area contributed by atoms with Crippen molar-refractivity contribution in [1.82, 2.24) is 9.97 Å². The lowest BCUT2D eigenvalue weighted by atomic mass is 9.88. The van der Waals surface area contributed by atoms with Gasteiger partial charge in [-0.25, -0.2) is 9.97 Å². The average molecular weight is 551 g/mol. The van der Waals surface area contributed by atoms with Crippen LogP contribution in [-0.4, -0.2) is 38.9 Å². The van der Waals surface area contributed by atoms with Gasteiger partial charge in [0.1, 0.15) is 21.4 Å². The number of thiophene rings is 2. The van der Waals surface area contributed by atoms with Crippen LogP contribution in [-0.2, 0) is 0 Å². The Morgan fingerprint density at radius 3 is 1.31 bits per heavy atom. The molecule has 178 valence electrons. The van der Waals surface area contributed by atoms with Crippen molar-refractivity contribution in [2.45, 2.75) is 27.7 Å². The van der Waals surface area contributed by atoms with Gasteiger partial charge < -0.3 is 0 Å². The third kappa shape index (κ3) is 2.53. The number of rotatable bonds is 2. The van der Waals surface area contributed by atoms with Crippen LogP contribution in [0.4, 0.5) is 0 Å². The molecule has 0 fully saturated rings. The number of ketones is 5. The highest BCUT2D eigenvalue weighted by molar-refractivity contribution is 7.29. The molecule has 7 nitrogen and oxygen atoms in total. The van der Waals surface area contributed by atoms with Crippen LogP contribution in [0.15, 0.2) is 12.1 Å². The molecule has 36 heavy (non-hydrogen) atoms. The predicted octanol–water partition coefficient (Wildman–Crippen LogP) is 6.08. The summed E-state index contributed by atoms with van der Waals surface area (Å²) in [6.45, 7) is 6.55. The van der Waals surface area contributed by atoms with Crippen molar-refractivity contribution in [3.8, 4) is 29.5 Å². The number of Topliss-reactive ketones (excluding diaryl/α,β-unsaturated/α-hetero) is 4. The monoisotopic (exact) mass is 550 g/mol. The number of thiazole rings is 2. The number of nitrogens with zero attached hydrogens (tertiary/aromatic N) is 2. The van der Waals surface area contributed by atoms with E-state index in [4.69, 9.17) is 0 Å². The molecule has 0 unspecified atom stereocenters. The van der Waals surface area contributed by atoms with E-state index in [0.29, 0.717) is 61.8 Å². The molecule has 0 spiro atoms. The Hall–Kier alpha value is -2.99. The van der Waals surface area contributed by atoms with Gasteiger partial charge in [0.25, 0.3) is 0 Å². The lowest BCUT2D eigenvalue weighted by Gasteiger charge is -2.12. The molecule has 0 bridgehead atoms. The van der Waals surface area contributed by atoms with Crippen LogP contribution >= 0.6 is 45.3 Å². The molecule has 0 N–H and O–H groups in total. The number of aromatic nitrogens is 2. The van der Waals surface area contributed by atoms with E-state index < -0.39 is 10.8 Å². The highest BCUT2D eigenvalue weighted by Crippen LogP contribution is 2.51. The van der Waals surface area contributed by atoms with E-state index in [9.17, 15) is 24.0 Å². The molecular weight excluding hydrogens is 537 g/mol. The number of carbonyl (C=O) groups excluding carboxylic acids is 5. The van der Waals surface area contributed by atoms with Gasteiger partial charge in [-0.1, -0.05) is 0 Å². The minimum Gasteiger partial charge on any atom is -0.293 e. The Morgan fingerprint density at radius 1 is 0.556 bits per heavy atom. The van der Waals surface area contributed by atoms with Gasteiger partial charge in [0.15, 0.2) is 23.1 Å². The fourth-order valence-electron chi connectivity index (χ4n) is 4.69. The maximum absolute atomic E-state index is 13.1. The van der Waals surface area contributed by atoms with E-state index in [2.05, 4.69) is 9.97 Å². The molecule has 3 aliphatic rings. The van der Waals surface area contributed by atoms with Gasteiger partial charge >= 0.3 is 0 Å². The molecule has 0 aromatic carbocycles. The summed E-state index contributed by atoms with van der Waals surface area (Å²) in [4.78, 5) is 76.5. The topological polar surface area (TPSA) is 111 Å². The number of hydrogen-bond donors (Lipinski definition) is 0. The number of fused-ring (bicyclic) bond motifs is 5. The quantitative estimate of drug-likeness (QED) is 0.245. The zero-order valence-corrected chi connectivity index (χ0v) is 22.5. The maximum atomic E-state index is 13.1. The van der Waals surface area contributed by atoms with Gasteiger partial charge in [-0.3, -0.25) is 24.0 Å².